The summed E-state index contributed by atoms with van der Waals surface area (Å²) in [6, 6.07) is 17.1. The predicted octanol–water partition coefficient (Wildman–Crippen LogP) is 3.67. The summed E-state index contributed by atoms with van der Waals surface area (Å²) < 4.78 is 0. The van der Waals surface area contributed by atoms with Crippen LogP contribution in [0.5, 0.6) is 0 Å². The van der Waals surface area contributed by atoms with Crippen LogP contribution in [-0.2, 0) is 9.59 Å². The maximum absolute atomic E-state index is 13.0. The maximum Gasteiger partial charge on any atom is 0.254 e. The van der Waals surface area contributed by atoms with Crippen molar-refractivity contribution in [3.05, 3.63) is 71.4 Å². The van der Waals surface area contributed by atoms with E-state index in [-0.39, 0.29) is 5.91 Å². The molecule has 4 nitrogen and oxygen atoms in total. The van der Waals surface area contributed by atoms with E-state index in [9.17, 15) is 9.59 Å². The van der Waals surface area contributed by atoms with Gasteiger partial charge in [-0.15, -0.1) is 0 Å². The number of aldehydes is 1. The van der Waals surface area contributed by atoms with Crippen molar-refractivity contribution >= 4 is 34.2 Å². The van der Waals surface area contributed by atoms with Crippen LogP contribution in [0.4, 0.5) is 0 Å². The zero-order valence-corrected chi connectivity index (χ0v) is 14.5. The van der Waals surface area contributed by atoms with Crippen LogP contribution in [0.3, 0.4) is 0 Å². The molecule has 0 radical (unpaired) electrons. The van der Waals surface area contributed by atoms with Gasteiger partial charge in [-0.3, -0.25) is 9.59 Å². The molecular formula is C21H20N2O2. The largest absolute Gasteiger partial charge is 0.358 e. The number of hydrogen-bond donors (Lipinski definition) is 1. The Morgan fingerprint density at radius 3 is 2.28 bits per heavy atom. The fraction of sp³-hybridized carbons (Fsp3) is 0.143. The van der Waals surface area contributed by atoms with Crippen molar-refractivity contribution in [1.29, 1.82) is 0 Å². The molecule has 1 amide bonds. The van der Waals surface area contributed by atoms with Gasteiger partial charge in [0.1, 0.15) is 0 Å². The second kappa shape index (κ2) is 6.77. The Labute approximate surface area is 146 Å². The normalized spacial score (nSPS) is 12.0. The fourth-order valence-electron chi connectivity index (χ4n) is 3.07. The number of carbonyl (C=O) groups excluding carboxylic acids is 2. The summed E-state index contributed by atoms with van der Waals surface area (Å²) in [7, 11) is 3.39. The lowest BCUT2D eigenvalue weighted by molar-refractivity contribution is -0.122. The first-order valence-corrected chi connectivity index (χ1v) is 8.08. The number of aromatic amines is 1. The minimum absolute atomic E-state index is 0.196. The molecule has 0 atom stereocenters. The summed E-state index contributed by atoms with van der Waals surface area (Å²) in [5.41, 5.74) is 4.12. The molecule has 1 aromatic heterocycles. The Bertz CT molecular complexity index is 966. The number of nitrogens with one attached hydrogen (secondary N) is 1. The molecule has 0 bridgehead atoms. The van der Waals surface area contributed by atoms with Crippen LogP contribution < -0.4 is 0 Å². The molecule has 1 heterocycles. The monoisotopic (exact) mass is 332 g/mol. The number of aromatic nitrogens is 1. The van der Waals surface area contributed by atoms with Crippen molar-refractivity contribution in [2.75, 3.05) is 14.1 Å². The molecule has 3 rings (SSSR count). The topological polar surface area (TPSA) is 53.2 Å². The molecule has 126 valence electrons. The fourth-order valence-corrected chi connectivity index (χ4v) is 3.07. The van der Waals surface area contributed by atoms with Gasteiger partial charge < -0.3 is 9.88 Å². The number of H-pyrrole nitrogens is 1. The lowest BCUT2D eigenvalue weighted by atomic mass is 9.92. The third-order valence-corrected chi connectivity index (χ3v) is 4.24. The molecule has 2 aromatic carbocycles. The van der Waals surface area contributed by atoms with Gasteiger partial charge in [0.2, 0.25) is 0 Å². The average Bonchev–Trinajstić information content (AvgIpc) is 2.95. The van der Waals surface area contributed by atoms with Crippen LogP contribution in [-0.4, -0.2) is 36.2 Å². The van der Waals surface area contributed by atoms with Gasteiger partial charge in [-0.05, 0) is 18.6 Å². The number of likely N-dealkylation sites (N-methyl/N-ethyl adjacent to an activating group) is 1. The Kier molecular flexibility index (Phi) is 4.52. The summed E-state index contributed by atoms with van der Waals surface area (Å²) in [6.45, 7) is 1.92. The number of hydrogen-bond acceptors (Lipinski definition) is 2. The van der Waals surface area contributed by atoms with Gasteiger partial charge in [-0.1, -0.05) is 48.5 Å². The van der Waals surface area contributed by atoms with Gasteiger partial charge in [0, 0.05) is 41.8 Å². The van der Waals surface area contributed by atoms with Crippen LogP contribution in [0.1, 0.15) is 16.8 Å². The second-order valence-corrected chi connectivity index (χ2v) is 6.14. The Morgan fingerprint density at radius 1 is 1.00 bits per heavy atom. The third kappa shape index (κ3) is 2.98. The third-order valence-electron chi connectivity index (χ3n) is 4.24. The van der Waals surface area contributed by atoms with Crippen LogP contribution in [0.25, 0.3) is 22.0 Å². The summed E-state index contributed by atoms with van der Waals surface area (Å²) in [5, 5.41) is 0.931. The molecule has 25 heavy (non-hydrogen) atoms. The summed E-state index contributed by atoms with van der Waals surface area (Å²) in [5.74, 6) is -0.196. The summed E-state index contributed by atoms with van der Waals surface area (Å²) in [4.78, 5) is 29.8. The highest BCUT2D eigenvalue weighted by molar-refractivity contribution is 6.37. The summed E-state index contributed by atoms with van der Waals surface area (Å²) in [6.07, 6.45) is 0.771. The first-order chi connectivity index (χ1) is 12.0. The van der Waals surface area contributed by atoms with Crippen LogP contribution in [0.15, 0.2) is 54.6 Å². The van der Waals surface area contributed by atoms with E-state index < -0.39 is 0 Å². The summed E-state index contributed by atoms with van der Waals surface area (Å²) >= 11 is 0. The molecule has 0 saturated heterocycles. The van der Waals surface area contributed by atoms with Gasteiger partial charge in [0.05, 0.1) is 5.57 Å². The zero-order valence-electron chi connectivity index (χ0n) is 14.5. The molecule has 0 aliphatic heterocycles. The number of rotatable bonds is 4. The number of amides is 1. The number of fused-ring (bicyclic) bond motifs is 1. The van der Waals surface area contributed by atoms with E-state index >= 15 is 0 Å². The van der Waals surface area contributed by atoms with Crippen molar-refractivity contribution in [3.63, 3.8) is 0 Å². The SMILES string of the molecule is Cc1[nH]c2ccccc2c1/C(C(=O)N(C)C)=C(/C=O)c1ccccc1. The molecule has 0 aliphatic carbocycles. The Morgan fingerprint density at radius 2 is 1.64 bits per heavy atom. The van der Waals surface area contributed by atoms with Crippen molar-refractivity contribution in [1.82, 2.24) is 9.88 Å². The number of aryl methyl sites for hydroxylation is 1. The number of allylic oxidation sites excluding steroid dienone is 1. The second-order valence-electron chi connectivity index (χ2n) is 6.14. The van der Waals surface area contributed by atoms with E-state index in [0.29, 0.717) is 11.1 Å². The van der Waals surface area contributed by atoms with Gasteiger partial charge in [-0.25, -0.2) is 0 Å². The smallest absolute Gasteiger partial charge is 0.254 e. The van der Waals surface area contributed by atoms with E-state index in [1.807, 2.05) is 61.5 Å². The van der Waals surface area contributed by atoms with Gasteiger partial charge in [0.25, 0.3) is 5.91 Å². The number of para-hydroxylation sites is 1. The highest BCUT2D eigenvalue weighted by Gasteiger charge is 2.24. The van der Waals surface area contributed by atoms with Crippen molar-refractivity contribution in [3.8, 4) is 0 Å². The molecule has 1 N–H and O–H groups in total. The molecule has 0 spiro atoms. The van der Waals surface area contributed by atoms with Crippen molar-refractivity contribution < 1.29 is 9.59 Å². The highest BCUT2D eigenvalue weighted by Crippen LogP contribution is 2.34. The van der Waals surface area contributed by atoms with Crippen LogP contribution >= 0.6 is 0 Å². The van der Waals surface area contributed by atoms with E-state index in [0.717, 1.165) is 34.0 Å². The zero-order chi connectivity index (χ0) is 18.0. The number of nitrogens with zero attached hydrogens (tertiary/aromatic N) is 1. The lowest BCUT2D eigenvalue weighted by Gasteiger charge is -2.17. The van der Waals surface area contributed by atoms with Crippen molar-refractivity contribution in [2.45, 2.75) is 6.92 Å². The minimum atomic E-state index is -0.196. The van der Waals surface area contributed by atoms with Gasteiger partial charge in [0.15, 0.2) is 6.29 Å². The highest BCUT2D eigenvalue weighted by atomic mass is 16.2. The van der Waals surface area contributed by atoms with E-state index in [4.69, 9.17) is 0 Å². The molecule has 0 saturated carbocycles. The molecule has 3 aromatic rings. The molecule has 0 fully saturated rings. The average molecular weight is 332 g/mol. The minimum Gasteiger partial charge on any atom is -0.358 e. The molecular weight excluding hydrogens is 312 g/mol. The maximum atomic E-state index is 13.0. The van der Waals surface area contributed by atoms with Gasteiger partial charge in [-0.2, -0.15) is 0 Å². The van der Waals surface area contributed by atoms with Gasteiger partial charge >= 0.3 is 0 Å². The number of carbonyl (C=O) groups is 2. The first kappa shape index (κ1) is 16.7. The van der Waals surface area contributed by atoms with Crippen molar-refractivity contribution in [2.24, 2.45) is 0 Å². The lowest BCUT2D eigenvalue weighted by Crippen LogP contribution is -2.24. The molecule has 4 heteroatoms. The predicted molar refractivity (Wildman–Crippen MR) is 101 cm³/mol. The van der Waals surface area contributed by atoms with Crippen LogP contribution in [0, 0.1) is 6.92 Å². The number of benzene rings is 2. The standard InChI is InChI=1S/C21H20N2O2/c1-14-19(16-11-7-8-12-18(16)22-14)20(21(25)23(2)3)17(13-24)15-9-5-4-6-10-15/h4-13,22H,1-3H3/b20-17+. The quantitative estimate of drug-likeness (QED) is 0.585. The molecule has 0 unspecified atom stereocenters. The van der Waals surface area contributed by atoms with Crippen LogP contribution in [0.2, 0.25) is 0 Å². The van der Waals surface area contributed by atoms with E-state index in [1.54, 1.807) is 14.1 Å². The first-order valence-electron chi connectivity index (χ1n) is 8.08. The Balaban J connectivity index is 2.40. The molecule has 0 aliphatic rings. The van der Waals surface area contributed by atoms with E-state index in [1.165, 1.54) is 4.90 Å². The van der Waals surface area contributed by atoms with E-state index in [2.05, 4.69) is 4.98 Å². The Hall–Kier alpha value is -3.14.